The van der Waals surface area contributed by atoms with Crippen LogP contribution < -0.4 is 4.72 Å². The van der Waals surface area contributed by atoms with Crippen molar-refractivity contribution >= 4 is 10.3 Å². The van der Waals surface area contributed by atoms with Gasteiger partial charge < -0.3 is 0 Å². The molecule has 5 heteroatoms. The van der Waals surface area contributed by atoms with Crippen molar-refractivity contribution in [3.8, 4) is 0 Å². The van der Waals surface area contributed by atoms with Gasteiger partial charge in [0.25, 0.3) is 0 Å². The molecule has 0 saturated carbocycles. The minimum absolute atomic E-state index is 0.164. The van der Waals surface area contributed by atoms with Crippen LogP contribution in [-0.2, 0) is 10.3 Å². The number of hydrogen-bond acceptors (Lipinski definition) is 2. The Labute approximate surface area is 53.8 Å². The van der Waals surface area contributed by atoms with E-state index in [1.54, 1.807) is 4.72 Å². The molecule has 52 valence electrons. The lowest BCUT2D eigenvalue weighted by Gasteiger charge is -1.96. The maximum atomic E-state index is 9.96. The van der Waals surface area contributed by atoms with Crippen LogP contribution in [0.5, 0.6) is 0 Å². The Balaban J connectivity index is 4.25. The van der Waals surface area contributed by atoms with Crippen LogP contribution in [0.1, 0.15) is 6.92 Å². The van der Waals surface area contributed by atoms with Crippen LogP contribution in [0, 0.1) is 0 Å². The summed E-state index contributed by atoms with van der Waals surface area (Å²) < 4.78 is 29.7. The van der Waals surface area contributed by atoms with E-state index in [1.807, 2.05) is 0 Å². The summed E-state index contributed by atoms with van der Waals surface area (Å²) in [7, 11) is -4.12. The zero-order chi connectivity index (χ0) is 7.49. The minimum atomic E-state index is -4.12. The molecule has 0 saturated heterocycles. The van der Waals surface area contributed by atoms with Crippen LogP contribution in [0.15, 0.2) is 18.0 Å². The lowest BCUT2D eigenvalue weighted by molar-refractivity contribution is 0.474. The van der Waals surface area contributed by atoms with Gasteiger partial charge in [0.2, 0.25) is 0 Å². The Bertz CT molecular complexity index is 235. The van der Waals surface area contributed by atoms with Crippen molar-refractivity contribution in [1.82, 2.24) is 4.72 Å². The molecule has 9 heavy (non-hydrogen) atoms. The summed E-state index contributed by atoms with van der Waals surface area (Å²) in [5, 5.41) is 0. The molecule has 4 nitrogen and oxygen atoms in total. The second-order valence-electron chi connectivity index (χ2n) is 1.38. The molecule has 0 unspecified atom stereocenters. The van der Waals surface area contributed by atoms with Crippen molar-refractivity contribution < 1.29 is 13.0 Å². The van der Waals surface area contributed by atoms with Crippen molar-refractivity contribution in [2.24, 2.45) is 0 Å². The van der Waals surface area contributed by atoms with E-state index in [0.717, 1.165) is 0 Å². The largest absolute Gasteiger partial charge is 0.357 e. The zero-order valence-corrected chi connectivity index (χ0v) is 5.70. The van der Waals surface area contributed by atoms with E-state index in [0.29, 0.717) is 0 Å². The molecule has 0 amide bonds. The topological polar surface area (TPSA) is 66.4 Å². The molecule has 0 aromatic carbocycles. The summed E-state index contributed by atoms with van der Waals surface area (Å²) in [5.41, 5.74) is 2.40. The highest BCUT2D eigenvalue weighted by Crippen LogP contribution is 1.83. The molecule has 0 aliphatic carbocycles. The van der Waals surface area contributed by atoms with E-state index >= 15 is 0 Å². The molecule has 0 aromatic rings. The van der Waals surface area contributed by atoms with Crippen LogP contribution >= 0.6 is 0 Å². The predicted molar refractivity (Wildman–Crippen MR) is 33.0 cm³/mol. The Morgan fingerprint density at radius 2 is 2.22 bits per heavy atom. The molecule has 0 aliphatic heterocycles. The van der Waals surface area contributed by atoms with Gasteiger partial charge in [0.15, 0.2) is 0 Å². The van der Waals surface area contributed by atoms with Crippen LogP contribution in [0.3, 0.4) is 0 Å². The highest BCUT2D eigenvalue weighted by atomic mass is 32.2. The maximum absolute atomic E-state index is 9.96. The first-order valence-corrected chi connectivity index (χ1v) is 3.51. The number of nitrogens with one attached hydrogen (secondary N) is 1. The summed E-state index contributed by atoms with van der Waals surface area (Å²) in [4.78, 5) is 0. The van der Waals surface area contributed by atoms with E-state index in [9.17, 15) is 8.42 Å². The SMILES string of the molecule is C=C=C(C)NS(=O)(=O)O. The highest BCUT2D eigenvalue weighted by molar-refractivity contribution is 7.83. The first kappa shape index (κ1) is 8.23. The van der Waals surface area contributed by atoms with Crippen LogP contribution in [0.2, 0.25) is 0 Å². The molecule has 2 N–H and O–H groups in total. The van der Waals surface area contributed by atoms with Gasteiger partial charge in [0.05, 0.1) is 5.70 Å². The highest BCUT2D eigenvalue weighted by Gasteiger charge is 1.99. The van der Waals surface area contributed by atoms with E-state index in [4.69, 9.17) is 4.55 Å². The third kappa shape index (κ3) is 5.10. The molecule has 0 aliphatic rings. The quantitative estimate of drug-likeness (QED) is 0.431. The summed E-state index contributed by atoms with van der Waals surface area (Å²) in [6, 6.07) is 0. The smallest absolute Gasteiger partial charge is 0.269 e. The first-order valence-electron chi connectivity index (χ1n) is 2.07. The van der Waals surface area contributed by atoms with Gasteiger partial charge in [0, 0.05) is 0 Å². The Morgan fingerprint density at radius 1 is 1.78 bits per heavy atom. The molecule has 0 aromatic heterocycles. The molecule has 0 bridgehead atoms. The third-order valence-corrected chi connectivity index (χ3v) is 1.11. The predicted octanol–water partition coefficient (Wildman–Crippen LogP) is 0.0675. The number of allylic oxidation sites excluding steroid dienone is 1. The average molecular weight is 149 g/mol. The molecule has 0 radical (unpaired) electrons. The molecule has 0 rings (SSSR count). The standard InChI is InChI=1S/C4H7NO3S/c1-3-4(2)5-9(6,7)8/h5H,1H2,2H3,(H,6,7,8). The fourth-order valence-electron chi connectivity index (χ4n) is 0.230. The van der Waals surface area contributed by atoms with Gasteiger partial charge in [-0.25, -0.2) is 0 Å². The zero-order valence-electron chi connectivity index (χ0n) is 4.88. The van der Waals surface area contributed by atoms with E-state index in [2.05, 4.69) is 12.3 Å². The third-order valence-electron chi connectivity index (χ3n) is 0.547. The molecule has 0 fully saturated rings. The van der Waals surface area contributed by atoms with Crippen molar-refractivity contribution in [2.45, 2.75) is 6.92 Å². The molecule has 0 spiro atoms. The normalized spacial score (nSPS) is 10.0. The summed E-state index contributed by atoms with van der Waals surface area (Å²) in [6.07, 6.45) is 0. The summed E-state index contributed by atoms with van der Waals surface area (Å²) in [5.74, 6) is 0. The van der Waals surface area contributed by atoms with Gasteiger partial charge in [-0.3, -0.25) is 9.27 Å². The van der Waals surface area contributed by atoms with E-state index in [1.165, 1.54) is 6.92 Å². The Hall–Kier alpha value is -0.770. The first-order chi connectivity index (χ1) is 3.95. The minimum Gasteiger partial charge on any atom is -0.269 e. The molecular formula is C4H7NO3S. The molecule has 0 heterocycles. The number of rotatable bonds is 2. The van der Waals surface area contributed by atoms with Gasteiger partial charge in [-0.15, -0.1) is 5.73 Å². The second-order valence-corrected chi connectivity index (χ2v) is 2.53. The monoisotopic (exact) mass is 149 g/mol. The summed E-state index contributed by atoms with van der Waals surface area (Å²) in [6.45, 7) is 4.56. The maximum Gasteiger partial charge on any atom is 0.357 e. The van der Waals surface area contributed by atoms with Gasteiger partial charge in [-0.05, 0) is 6.92 Å². The summed E-state index contributed by atoms with van der Waals surface area (Å²) >= 11 is 0. The fraction of sp³-hybridized carbons (Fsp3) is 0.250. The average Bonchev–Trinajstić information content (AvgIpc) is 1.62. The second kappa shape index (κ2) is 2.68. The number of hydrogen-bond donors (Lipinski definition) is 2. The van der Waals surface area contributed by atoms with Crippen LogP contribution in [0.4, 0.5) is 0 Å². The van der Waals surface area contributed by atoms with Crippen LogP contribution in [0.25, 0.3) is 0 Å². The van der Waals surface area contributed by atoms with Gasteiger partial charge >= 0.3 is 10.3 Å². The molecule has 0 atom stereocenters. The van der Waals surface area contributed by atoms with Crippen molar-refractivity contribution in [2.75, 3.05) is 0 Å². The van der Waals surface area contributed by atoms with Gasteiger partial charge in [-0.1, -0.05) is 6.58 Å². The lowest BCUT2D eigenvalue weighted by Crippen LogP contribution is -2.19. The van der Waals surface area contributed by atoms with Gasteiger partial charge in [-0.2, -0.15) is 8.42 Å². The van der Waals surface area contributed by atoms with Crippen LogP contribution in [-0.4, -0.2) is 13.0 Å². The van der Waals surface area contributed by atoms with E-state index < -0.39 is 10.3 Å². The molecular weight excluding hydrogens is 142 g/mol. The Kier molecular flexibility index (Phi) is 2.45. The lowest BCUT2D eigenvalue weighted by atomic mass is 10.6. The van der Waals surface area contributed by atoms with Crippen molar-refractivity contribution in [1.29, 1.82) is 0 Å². The fourth-order valence-corrected chi connectivity index (χ4v) is 0.689. The van der Waals surface area contributed by atoms with Crippen molar-refractivity contribution in [3.63, 3.8) is 0 Å². The van der Waals surface area contributed by atoms with Crippen molar-refractivity contribution in [3.05, 3.63) is 18.0 Å². The van der Waals surface area contributed by atoms with E-state index in [-0.39, 0.29) is 5.70 Å². The Morgan fingerprint density at radius 3 is 2.33 bits per heavy atom. The van der Waals surface area contributed by atoms with Gasteiger partial charge in [0.1, 0.15) is 0 Å².